The van der Waals surface area contributed by atoms with Crippen molar-refractivity contribution in [1.82, 2.24) is 15.1 Å². The number of amides is 1. The zero-order valence-corrected chi connectivity index (χ0v) is 16.5. The molecular weight excluding hydrogens is 354 g/mol. The maximum atomic E-state index is 12.4. The number of carbonyl (C=O) groups excluding carboxylic acids is 2. The van der Waals surface area contributed by atoms with Crippen molar-refractivity contribution in [3.63, 3.8) is 0 Å². The first-order valence-electron chi connectivity index (χ1n) is 8.34. The Morgan fingerprint density at radius 1 is 1.23 bits per heavy atom. The molecule has 2 rings (SSSR count). The second kappa shape index (κ2) is 7.91. The molecule has 0 aliphatic rings. The number of hydrogen-bond acceptors (Lipinski definition) is 4. The highest BCUT2D eigenvalue weighted by molar-refractivity contribution is 6.31. The first-order chi connectivity index (χ1) is 12.1. The molecular formula is C19H24ClN3O3. The molecule has 0 atom stereocenters. The number of nitrogens with zero attached hydrogens (tertiary/aromatic N) is 2. The van der Waals surface area contributed by atoms with Gasteiger partial charge in [0.25, 0.3) is 5.91 Å². The van der Waals surface area contributed by atoms with Crippen LogP contribution in [0.1, 0.15) is 48.1 Å². The van der Waals surface area contributed by atoms with Gasteiger partial charge in [-0.2, -0.15) is 5.10 Å². The topological polar surface area (TPSA) is 73.2 Å². The Morgan fingerprint density at radius 2 is 1.88 bits per heavy atom. The molecule has 0 bridgehead atoms. The monoisotopic (exact) mass is 377 g/mol. The number of rotatable bonds is 5. The largest absolute Gasteiger partial charge is 0.452 e. The van der Waals surface area contributed by atoms with Gasteiger partial charge in [0, 0.05) is 10.6 Å². The average Bonchev–Trinajstić information content (AvgIpc) is 2.80. The van der Waals surface area contributed by atoms with E-state index >= 15 is 0 Å². The Hall–Kier alpha value is -2.34. The van der Waals surface area contributed by atoms with E-state index in [0.717, 1.165) is 5.56 Å². The van der Waals surface area contributed by atoms with Crippen molar-refractivity contribution in [2.24, 2.45) is 0 Å². The van der Waals surface area contributed by atoms with E-state index in [4.69, 9.17) is 16.3 Å². The van der Waals surface area contributed by atoms with Crippen LogP contribution in [0, 0.1) is 13.8 Å². The predicted octanol–water partition coefficient (Wildman–Crippen LogP) is 3.27. The molecule has 1 amide bonds. The SMILES string of the molecule is Cc1nn(Cc2ccccc2Cl)c(C)c1C(=O)OCC(=O)NC(C)(C)C. The molecule has 0 unspecified atom stereocenters. The van der Waals surface area contributed by atoms with Crippen molar-refractivity contribution in [1.29, 1.82) is 0 Å². The van der Waals surface area contributed by atoms with E-state index < -0.39 is 5.97 Å². The minimum atomic E-state index is -0.561. The van der Waals surface area contributed by atoms with Crippen LogP contribution in [0.5, 0.6) is 0 Å². The molecule has 0 radical (unpaired) electrons. The zero-order chi connectivity index (χ0) is 19.5. The van der Waals surface area contributed by atoms with Gasteiger partial charge in [0.1, 0.15) is 5.56 Å². The lowest BCUT2D eigenvalue weighted by Gasteiger charge is -2.20. The number of aryl methyl sites for hydroxylation is 1. The maximum absolute atomic E-state index is 12.4. The third-order valence-corrected chi connectivity index (χ3v) is 4.08. The molecule has 140 valence electrons. The van der Waals surface area contributed by atoms with Gasteiger partial charge in [0.15, 0.2) is 6.61 Å². The molecule has 1 aromatic carbocycles. The van der Waals surface area contributed by atoms with E-state index in [-0.39, 0.29) is 18.1 Å². The Bertz CT molecular complexity index is 822. The van der Waals surface area contributed by atoms with Gasteiger partial charge < -0.3 is 10.1 Å². The van der Waals surface area contributed by atoms with E-state index in [1.165, 1.54) is 0 Å². The lowest BCUT2D eigenvalue weighted by atomic mass is 10.1. The van der Waals surface area contributed by atoms with Gasteiger partial charge >= 0.3 is 5.97 Å². The fraction of sp³-hybridized carbons (Fsp3) is 0.421. The highest BCUT2D eigenvalue weighted by Gasteiger charge is 2.22. The highest BCUT2D eigenvalue weighted by atomic mass is 35.5. The number of nitrogens with one attached hydrogen (secondary N) is 1. The number of hydrogen-bond donors (Lipinski definition) is 1. The fourth-order valence-electron chi connectivity index (χ4n) is 2.59. The molecule has 0 saturated carbocycles. The van der Waals surface area contributed by atoms with Crippen molar-refractivity contribution >= 4 is 23.5 Å². The van der Waals surface area contributed by atoms with E-state index in [1.54, 1.807) is 18.5 Å². The predicted molar refractivity (Wildman–Crippen MR) is 100 cm³/mol. The Labute approximate surface area is 158 Å². The lowest BCUT2D eigenvalue weighted by molar-refractivity contribution is -0.125. The Morgan fingerprint density at radius 3 is 2.50 bits per heavy atom. The summed E-state index contributed by atoms with van der Waals surface area (Å²) in [5.74, 6) is -0.904. The molecule has 7 heteroatoms. The normalized spacial score (nSPS) is 11.3. The molecule has 0 aliphatic carbocycles. The van der Waals surface area contributed by atoms with Gasteiger partial charge in [-0.15, -0.1) is 0 Å². The fourth-order valence-corrected chi connectivity index (χ4v) is 2.79. The number of aromatic nitrogens is 2. The van der Waals surface area contributed by atoms with Crippen molar-refractivity contribution in [3.8, 4) is 0 Å². The van der Waals surface area contributed by atoms with Crippen molar-refractivity contribution < 1.29 is 14.3 Å². The van der Waals surface area contributed by atoms with Crippen LogP contribution in [0.25, 0.3) is 0 Å². The second-order valence-electron chi connectivity index (χ2n) is 7.17. The van der Waals surface area contributed by atoms with Gasteiger partial charge in [-0.25, -0.2) is 4.79 Å². The van der Waals surface area contributed by atoms with Crippen LogP contribution in [0.2, 0.25) is 5.02 Å². The van der Waals surface area contributed by atoms with Gasteiger partial charge in [-0.1, -0.05) is 29.8 Å². The first kappa shape index (κ1) is 20.0. The van der Waals surface area contributed by atoms with E-state index in [0.29, 0.717) is 28.5 Å². The standard InChI is InChI=1S/C19H24ClN3O3/c1-12-17(18(25)26-11-16(24)21-19(3,4)5)13(2)23(22-12)10-14-8-6-7-9-15(14)20/h6-9H,10-11H2,1-5H3,(H,21,24). The molecule has 0 aliphatic heterocycles. The van der Waals surface area contributed by atoms with Crippen LogP contribution in [0.15, 0.2) is 24.3 Å². The van der Waals surface area contributed by atoms with Crippen LogP contribution in [0.3, 0.4) is 0 Å². The van der Waals surface area contributed by atoms with Gasteiger partial charge in [0.2, 0.25) is 0 Å². The third kappa shape index (κ3) is 5.08. The maximum Gasteiger partial charge on any atom is 0.342 e. The minimum absolute atomic E-state index is 0.329. The van der Waals surface area contributed by atoms with E-state index in [1.807, 2.05) is 45.0 Å². The summed E-state index contributed by atoms with van der Waals surface area (Å²) < 4.78 is 6.86. The third-order valence-electron chi connectivity index (χ3n) is 3.71. The lowest BCUT2D eigenvalue weighted by Crippen LogP contribution is -2.42. The van der Waals surface area contributed by atoms with Crippen molar-refractivity contribution in [2.45, 2.75) is 46.7 Å². The summed E-state index contributed by atoms with van der Waals surface area (Å²) in [5, 5.41) is 7.80. The van der Waals surface area contributed by atoms with Crippen LogP contribution < -0.4 is 5.32 Å². The smallest absolute Gasteiger partial charge is 0.342 e. The van der Waals surface area contributed by atoms with Crippen LogP contribution in [0.4, 0.5) is 0 Å². The van der Waals surface area contributed by atoms with Crippen molar-refractivity contribution in [3.05, 3.63) is 51.8 Å². The second-order valence-corrected chi connectivity index (χ2v) is 7.58. The molecule has 26 heavy (non-hydrogen) atoms. The molecule has 6 nitrogen and oxygen atoms in total. The first-order valence-corrected chi connectivity index (χ1v) is 8.72. The Kier molecular flexibility index (Phi) is 6.08. The number of carbonyl (C=O) groups is 2. The molecule has 2 aromatic rings. The summed E-state index contributed by atoms with van der Waals surface area (Å²) in [5.41, 5.74) is 2.12. The number of esters is 1. The number of benzene rings is 1. The van der Waals surface area contributed by atoms with Crippen LogP contribution in [-0.2, 0) is 16.1 Å². The minimum Gasteiger partial charge on any atom is -0.452 e. The van der Waals surface area contributed by atoms with Crippen LogP contribution in [-0.4, -0.2) is 33.8 Å². The van der Waals surface area contributed by atoms with Gasteiger partial charge in [-0.05, 0) is 46.2 Å². The summed E-state index contributed by atoms with van der Waals surface area (Å²) in [4.78, 5) is 24.2. The Balaban J connectivity index is 2.10. The molecule has 0 spiro atoms. The quantitative estimate of drug-likeness (QED) is 0.811. The average molecular weight is 378 g/mol. The summed E-state index contributed by atoms with van der Waals surface area (Å²) in [6.45, 7) is 9.23. The summed E-state index contributed by atoms with van der Waals surface area (Å²) in [6, 6.07) is 7.48. The molecule has 1 aromatic heterocycles. The molecule has 0 saturated heterocycles. The molecule has 1 heterocycles. The summed E-state index contributed by atoms with van der Waals surface area (Å²) in [7, 11) is 0. The number of halogens is 1. The van der Waals surface area contributed by atoms with E-state index in [2.05, 4.69) is 10.4 Å². The van der Waals surface area contributed by atoms with Crippen molar-refractivity contribution in [2.75, 3.05) is 6.61 Å². The van der Waals surface area contributed by atoms with Crippen LogP contribution >= 0.6 is 11.6 Å². The zero-order valence-electron chi connectivity index (χ0n) is 15.7. The molecule has 1 N–H and O–H groups in total. The van der Waals surface area contributed by atoms with E-state index in [9.17, 15) is 9.59 Å². The highest BCUT2D eigenvalue weighted by Crippen LogP contribution is 2.20. The van der Waals surface area contributed by atoms with Gasteiger partial charge in [-0.3, -0.25) is 9.48 Å². The summed E-state index contributed by atoms with van der Waals surface area (Å²) >= 11 is 6.20. The van der Waals surface area contributed by atoms with Gasteiger partial charge in [0.05, 0.1) is 17.9 Å². The summed E-state index contributed by atoms with van der Waals surface area (Å²) in [6.07, 6.45) is 0. The molecule has 0 fully saturated rings. The number of ether oxygens (including phenoxy) is 1.